The number of urea groups is 1. The van der Waals surface area contributed by atoms with Crippen LogP contribution in [0, 0.1) is 0 Å². The van der Waals surface area contributed by atoms with Crippen LogP contribution in [0.25, 0.3) is 0 Å². The molecular weight excluding hydrogens is 388 g/mol. The normalized spacial score (nSPS) is 13.4. The van der Waals surface area contributed by atoms with Crippen LogP contribution in [-0.2, 0) is 9.59 Å². The highest BCUT2D eigenvalue weighted by molar-refractivity contribution is 7.99. The first-order valence-electron chi connectivity index (χ1n) is 9.44. The van der Waals surface area contributed by atoms with Gasteiger partial charge in [-0.15, -0.1) is 0 Å². The number of thioether (sulfide) groups is 1. The third kappa shape index (κ3) is 6.25. The molecule has 0 radical (unpaired) electrons. The van der Waals surface area contributed by atoms with Crippen molar-refractivity contribution >= 4 is 41.0 Å². The van der Waals surface area contributed by atoms with Gasteiger partial charge in [-0.25, -0.2) is 4.79 Å². The zero-order chi connectivity index (χ0) is 20.5. The van der Waals surface area contributed by atoms with E-state index in [-0.39, 0.29) is 24.9 Å². The van der Waals surface area contributed by atoms with Gasteiger partial charge in [0.15, 0.2) is 0 Å². The number of carbonyl (C=O) groups excluding carboxylic acids is 3. The SMILES string of the molecule is O=C(NCC(=O)N(CC(=O)N1CCSCC1)c1ccccc1)Nc1ccccc1. The molecule has 0 unspecified atom stereocenters. The van der Waals surface area contributed by atoms with E-state index in [2.05, 4.69) is 10.6 Å². The highest BCUT2D eigenvalue weighted by Gasteiger charge is 2.24. The van der Waals surface area contributed by atoms with Gasteiger partial charge < -0.3 is 20.4 Å². The number of anilines is 2. The van der Waals surface area contributed by atoms with Crippen molar-refractivity contribution in [1.29, 1.82) is 0 Å². The zero-order valence-electron chi connectivity index (χ0n) is 16.0. The summed E-state index contributed by atoms with van der Waals surface area (Å²) in [5.41, 5.74) is 1.26. The lowest BCUT2D eigenvalue weighted by Crippen LogP contribution is -2.48. The Bertz CT molecular complexity index is 826. The van der Waals surface area contributed by atoms with Gasteiger partial charge in [-0.05, 0) is 24.3 Å². The second-order valence-electron chi connectivity index (χ2n) is 6.48. The van der Waals surface area contributed by atoms with Crippen molar-refractivity contribution in [2.45, 2.75) is 0 Å². The molecule has 0 aromatic heterocycles. The number of amides is 4. The predicted octanol–water partition coefficient (Wildman–Crippen LogP) is 2.42. The number of nitrogens with zero attached hydrogens (tertiary/aromatic N) is 2. The fraction of sp³-hybridized carbons (Fsp3) is 0.286. The standard InChI is InChI=1S/C21H24N4O3S/c26-19(15-22-21(28)23-17-7-3-1-4-8-17)25(18-9-5-2-6-10-18)16-20(27)24-11-13-29-14-12-24/h1-10H,11-16H2,(H2,22,23,28). The minimum Gasteiger partial charge on any atom is -0.339 e. The summed E-state index contributed by atoms with van der Waals surface area (Å²) in [7, 11) is 0. The molecule has 152 valence electrons. The molecule has 29 heavy (non-hydrogen) atoms. The number of benzene rings is 2. The van der Waals surface area contributed by atoms with Crippen molar-refractivity contribution in [1.82, 2.24) is 10.2 Å². The topological polar surface area (TPSA) is 81.8 Å². The Labute approximate surface area is 174 Å². The predicted molar refractivity (Wildman–Crippen MR) is 116 cm³/mol. The number of para-hydroxylation sites is 2. The fourth-order valence-electron chi connectivity index (χ4n) is 2.93. The van der Waals surface area contributed by atoms with E-state index < -0.39 is 6.03 Å². The van der Waals surface area contributed by atoms with Crippen molar-refractivity contribution in [2.75, 3.05) is 47.9 Å². The van der Waals surface area contributed by atoms with Crippen molar-refractivity contribution in [3.05, 3.63) is 60.7 Å². The summed E-state index contributed by atoms with van der Waals surface area (Å²) in [6.45, 7) is 1.13. The third-order valence-corrected chi connectivity index (χ3v) is 5.40. The molecule has 0 aliphatic carbocycles. The maximum atomic E-state index is 12.8. The highest BCUT2D eigenvalue weighted by Crippen LogP contribution is 2.15. The van der Waals surface area contributed by atoms with E-state index in [0.717, 1.165) is 11.5 Å². The Kier molecular flexibility index (Phi) is 7.52. The van der Waals surface area contributed by atoms with Gasteiger partial charge in [0.2, 0.25) is 11.8 Å². The van der Waals surface area contributed by atoms with Crippen LogP contribution in [0.3, 0.4) is 0 Å². The van der Waals surface area contributed by atoms with Crippen LogP contribution >= 0.6 is 11.8 Å². The average Bonchev–Trinajstić information content (AvgIpc) is 2.77. The number of hydrogen-bond donors (Lipinski definition) is 2. The summed E-state index contributed by atoms with van der Waals surface area (Å²) in [4.78, 5) is 40.8. The second-order valence-corrected chi connectivity index (χ2v) is 7.71. The second kappa shape index (κ2) is 10.5. The lowest BCUT2D eigenvalue weighted by molar-refractivity contribution is -0.131. The molecule has 2 aromatic rings. The van der Waals surface area contributed by atoms with Crippen LogP contribution in [-0.4, -0.2) is 60.4 Å². The van der Waals surface area contributed by atoms with Gasteiger partial charge in [0.1, 0.15) is 6.54 Å². The molecule has 1 saturated heterocycles. The van der Waals surface area contributed by atoms with Gasteiger partial charge in [0.05, 0.1) is 6.54 Å². The number of hydrogen-bond acceptors (Lipinski definition) is 4. The quantitative estimate of drug-likeness (QED) is 0.764. The van der Waals surface area contributed by atoms with Crippen molar-refractivity contribution in [3.8, 4) is 0 Å². The van der Waals surface area contributed by atoms with Gasteiger partial charge in [-0.2, -0.15) is 11.8 Å². The largest absolute Gasteiger partial charge is 0.339 e. The molecule has 0 saturated carbocycles. The van der Waals surface area contributed by atoms with Gasteiger partial charge in [0.25, 0.3) is 0 Å². The molecule has 1 heterocycles. The summed E-state index contributed by atoms with van der Waals surface area (Å²) in [5.74, 6) is 1.38. The molecule has 1 fully saturated rings. The Morgan fingerprint density at radius 2 is 1.55 bits per heavy atom. The van der Waals surface area contributed by atoms with Gasteiger partial charge in [0, 0.05) is 36.0 Å². The van der Waals surface area contributed by atoms with E-state index in [0.29, 0.717) is 24.5 Å². The van der Waals surface area contributed by atoms with Crippen LogP contribution in [0.1, 0.15) is 0 Å². The molecule has 8 heteroatoms. The number of rotatable bonds is 6. The maximum absolute atomic E-state index is 12.8. The minimum absolute atomic E-state index is 0.0461. The monoisotopic (exact) mass is 412 g/mol. The first-order valence-corrected chi connectivity index (χ1v) is 10.6. The molecule has 1 aliphatic heterocycles. The van der Waals surface area contributed by atoms with Crippen LogP contribution in [0.5, 0.6) is 0 Å². The lowest BCUT2D eigenvalue weighted by atomic mass is 10.2. The lowest BCUT2D eigenvalue weighted by Gasteiger charge is -2.30. The summed E-state index contributed by atoms with van der Waals surface area (Å²) in [6.07, 6.45) is 0. The Balaban J connectivity index is 1.61. The first kappa shape index (κ1) is 20.7. The Hall–Kier alpha value is -3.00. The fourth-order valence-corrected chi connectivity index (χ4v) is 3.83. The molecular formula is C21H24N4O3S. The molecule has 4 amide bonds. The number of nitrogens with one attached hydrogen (secondary N) is 2. The molecule has 2 N–H and O–H groups in total. The van der Waals surface area contributed by atoms with Crippen LogP contribution in [0.2, 0.25) is 0 Å². The van der Waals surface area contributed by atoms with Gasteiger partial charge >= 0.3 is 6.03 Å². The van der Waals surface area contributed by atoms with E-state index >= 15 is 0 Å². The van der Waals surface area contributed by atoms with E-state index in [9.17, 15) is 14.4 Å². The maximum Gasteiger partial charge on any atom is 0.319 e. The van der Waals surface area contributed by atoms with Crippen molar-refractivity contribution in [3.63, 3.8) is 0 Å². The summed E-state index contributed by atoms with van der Waals surface area (Å²) < 4.78 is 0. The molecule has 0 atom stereocenters. The Morgan fingerprint density at radius 1 is 0.931 bits per heavy atom. The van der Waals surface area contributed by atoms with Crippen LogP contribution in [0.15, 0.2) is 60.7 Å². The molecule has 3 rings (SSSR count). The first-order chi connectivity index (χ1) is 14.1. The van der Waals surface area contributed by atoms with Gasteiger partial charge in [-0.3, -0.25) is 9.59 Å². The minimum atomic E-state index is -0.475. The summed E-state index contributed by atoms with van der Waals surface area (Å²) in [5, 5.41) is 5.23. The summed E-state index contributed by atoms with van der Waals surface area (Å²) in [6, 6.07) is 17.5. The average molecular weight is 413 g/mol. The summed E-state index contributed by atoms with van der Waals surface area (Å²) >= 11 is 1.82. The van der Waals surface area contributed by atoms with Crippen molar-refractivity contribution < 1.29 is 14.4 Å². The molecule has 0 spiro atoms. The molecule has 1 aliphatic rings. The van der Waals surface area contributed by atoms with E-state index in [1.807, 2.05) is 48.2 Å². The molecule has 0 bridgehead atoms. The van der Waals surface area contributed by atoms with Crippen LogP contribution in [0.4, 0.5) is 16.2 Å². The van der Waals surface area contributed by atoms with E-state index in [1.54, 1.807) is 29.2 Å². The van der Waals surface area contributed by atoms with Crippen LogP contribution < -0.4 is 15.5 Å². The highest BCUT2D eigenvalue weighted by atomic mass is 32.2. The third-order valence-electron chi connectivity index (χ3n) is 4.46. The van der Waals surface area contributed by atoms with E-state index in [4.69, 9.17) is 0 Å². The molecule has 2 aromatic carbocycles. The Morgan fingerprint density at radius 3 is 2.21 bits per heavy atom. The zero-order valence-corrected chi connectivity index (χ0v) is 16.9. The number of carbonyl (C=O) groups is 3. The van der Waals surface area contributed by atoms with Gasteiger partial charge in [-0.1, -0.05) is 36.4 Å². The molecule has 7 nitrogen and oxygen atoms in total. The van der Waals surface area contributed by atoms with E-state index in [1.165, 1.54) is 4.90 Å². The van der Waals surface area contributed by atoms with Crippen molar-refractivity contribution in [2.24, 2.45) is 0 Å². The smallest absolute Gasteiger partial charge is 0.319 e.